The molecule has 0 fully saturated rings. The first-order valence-corrected chi connectivity index (χ1v) is 35.0. The van der Waals surface area contributed by atoms with E-state index in [4.69, 9.17) is 14.2 Å². The Labute approximate surface area is 486 Å². The van der Waals surface area contributed by atoms with Gasteiger partial charge in [-0.1, -0.05) is 346 Å². The molecule has 0 rings (SSSR count). The lowest BCUT2D eigenvalue weighted by Crippen LogP contribution is -2.30. The second kappa shape index (κ2) is 67.1. The van der Waals surface area contributed by atoms with Crippen molar-refractivity contribution in [1.29, 1.82) is 0 Å². The lowest BCUT2D eigenvalue weighted by molar-refractivity contribution is -0.167. The maximum atomic E-state index is 12.9. The Morgan fingerprint density at radius 1 is 0.256 bits per heavy atom. The van der Waals surface area contributed by atoms with Crippen LogP contribution in [-0.4, -0.2) is 37.2 Å². The molecule has 458 valence electrons. The normalized spacial score (nSPS) is 12.2. The first kappa shape index (κ1) is 75.6. The average molecular weight is 1100 g/mol. The molecule has 0 spiro atoms. The van der Waals surface area contributed by atoms with Crippen LogP contribution in [0.25, 0.3) is 0 Å². The molecule has 0 amide bonds. The fraction of sp³-hybridized carbons (Fsp3) is 0.875. The summed E-state index contributed by atoms with van der Waals surface area (Å²) in [5, 5.41) is 0. The second-order valence-electron chi connectivity index (χ2n) is 23.8. The third-order valence-corrected chi connectivity index (χ3v) is 15.9. The van der Waals surface area contributed by atoms with Crippen LogP contribution in [-0.2, 0) is 28.6 Å². The smallest absolute Gasteiger partial charge is 0.306 e. The Morgan fingerprint density at radius 3 is 0.718 bits per heavy atom. The highest BCUT2D eigenvalue weighted by molar-refractivity contribution is 5.71. The molecule has 0 aromatic carbocycles. The van der Waals surface area contributed by atoms with Crippen molar-refractivity contribution in [2.75, 3.05) is 13.2 Å². The number of hydrogen-bond acceptors (Lipinski definition) is 6. The van der Waals surface area contributed by atoms with Crippen LogP contribution in [0.3, 0.4) is 0 Å². The molecule has 78 heavy (non-hydrogen) atoms. The molecule has 0 aliphatic heterocycles. The monoisotopic (exact) mass is 1100 g/mol. The van der Waals surface area contributed by atoms with Crippen LogP contribution in [0.5, 0.6) is 0 Å². The van der Waals surface area contributed by atoms with Crippen molar-refractivity contribution in [3.8, 4) is 0 Å². The van der Waals surface area contributed by atoms with Gasteiger partial charge >= 0.3 is 17.9 Å². The molecule has 0 aliphatic rings. The molecule has 0 N–H and O–H groups in total. The highest BCUT2D eigenvalue weighted by Gasteiger charge is 2.19. The average Bonchev–Trinajstić information content (AvgIpc) is 3.44. The van der Waals surface area contributed by atoms with E-state index in [-0.39, 0.29) is 31.1 Å². The van der Waals surface area contributed by atoms with Crippen LogP contribution in [0, 0.1) is 0 Å². The van der Waals surface area contributed by atoms with E-state index in [0.717, 1.165) is 70.6 Å². The van der Waals surface area contributed by atoms with Gasteiger partial charge in [-0.2, -0.15) is 0 Å². The lowest BCUT2D eigenvalue weighted by atomic mass is 10.0. The molecular formula is C72H134O6. The number of ether oxygens (including phenoxy) is 3. The molecule has 6 heteroatoms. The molecule has 0 radical (unpaired) electrons. The second-order valence-corrected chi connectivity index (χ2v) is 23.8. The SMILES string of the molecule is CCCCCCC/C=C\C/C=C\C/C=C\CCCCCCCCCCCCCCCCCCC(=O)OCC(COC(=O)CCCCCCCC)OC(=O)CCCCCCCCCCCCCCCCCCCCCCCCC. The van der Waals surface area contributed by atoms with Gasteiger partial charge in [-0.25, -0.2) is 0 Å². The summed E-state index contributed by atoms with van der Waals surface area (Å²) >= 11 is 0. The number of hydrogen-bond donors (Lipinski definition) is 0. The number of allylic oxidation sites excluding steroid dienone is 6. The topological polar surface area (TPSA) is 78.9 Å². The first-order valence-electron chi connectivity index (χ1n) is 35.0. The van der Waals surface area contributed by atoms with Crippen LogP contribution in [0.15, 0.2) is 36.5 Å². The summed E-state index contributed by atoms with van der Waals surface area (Å²) in [5.74, 6) is -0.850. The molecule has 1 unspecified atom stereocenters. The summed E-state index contributed by atoms with van der Waals surface area (Å²) in [6.07, 6.45) is 83.6. The molecule has 1 atom stereocenters. The fourth-order valence-corrected chi connectivity index (χ4v) is 10.6. The van der Waals surface area contributed by atoms with Gasteiger partial charge in [-0.15, -0.1) is 0 Å². The molecule has 0 aromatic rings. The Morgan fingerprint density at radius 2 is 0.462 bits per heavy atom. The minimum absolute atomic E-state index is 0.0664. The highest BCUT2D eigenvalue weighted by Crippen LogP contribution is 2.19. The van der Waals surface area contributed by atoms with Crippen molar-refractivity contribution in [1.82, 2.24) is 0 Å². The van der Waals surface area contributed by atoms with Gasteiger partial charge in [-0.3, -0.25) is 14.4 Å². The van der Waals surface area contributed by atoms with Gasteiger partial charge in [0, 0.05) is 19.3 Å². The summed E-state index contributed by atoms with van der Waals surface area (Å²) < 4.78 is 16.9. The molecule has 0 saturated carbocycles. The van der Waals surface area contributed by atoms with Crippen LogP contribution < -0.4 is 0 Å². The van der Waals surface area contributed by atoms with Crippen molar-refractivity contribution in [3.63, 3.8) is 0 Å². The van der Waals surface area contributed by atoms with E-state index in [1.54, 1.807) is 0 Å². The maximum absolute atomic E-state index is 12.9. The van der Waals surface area contributed by atoms with Gasteiger partial charge in [0.15, 0.2) is 6.10 Å². The molecule has 0 heterocycles. The first-order chi connectivity index (χ1) is 38.5. The zero-order chi connectivity index (χ0) is 56.4. The molecule has 0 aliphatic carbocycles. The van der Waals surface area contributed by atoms with Crippen molar-refractivity contribution >= 4 is 17.9 Å². The molecule has 0 aromatic heterocycles. The Hall–Kier alpha value is -2.37. The van der Waals surface area contributed by atoms with E-state index in [1.807, 2.05) is 0 Å². The third-order valence-electron chi connectivity index (χ3n) is 15.9. The van der Waals surface area contributed by atoms with Gasteiger partial charge in [0.1, 0.15) is 13.2 Å². The van der Waals surface area contributed by atoms with Gasteiger partial charge in [-0.05, 0) is 57.8 Å². The summed E-state index contributed by atoms with van der Waals surface area (Å²) in [6, 6.07) is 0. The Bertz CT molecular complexity index is 1300. The number of carbonyl (C=O) groups excluding carboxylic acids is 3. The van der Waals surface area contributed by atoms with E-state index in [2.05, 4.69) is 57.2 Å². The highest BCUT2D eigenvalue weighted by atomic mass is 16.6. The number of unbranched alkanes of at least 4 members (excludes halogenated alkanes) is 48. The minimum Gasteiger partial charge on any atom is -0.462 e. The third kappa shape index (κ3) is 64.5. The molecule has 0 saturated heterocycles. The zero-order valence-electron chi connectivity index (χ0n) is 52.7. The van der Waals surface area contributed by atoms with Crippen LogP contribution >= 0.6 is 0 Å². The lowest BCUT2D eigenvalue weighted by Gasteiger charge is -2.18. The summed E-state index contributed by atoms with van der Waals surface area (Å²) in [7, 11) is 0. The Balaban J connectivity index is 3.97. The molecule has 0 bridgehead atoms. The Kier molecular flexibility index (Phi) is 65.1. The van der Waals surface area contributed by atoms with Crippen molar-refractivity contribution in [2.24, 2.45) is 0 Å². The number of esters is 3. The van der Waals surface area contributed by atoms with E-state index < -0.39 is 6.10 Å². The van der Waals surface area contributed by atoms with Gasteiger partial charge in [0.25, 0.3) is 0 Å². The van der Waals surface area contributed by atoms with Crippen molar-refractivity contribution in [3.05, 3.63) is 36.5 Å². The molecular weight excluding hydrogens is 961 g/mol. The zero-order valence-corrected chi connectivity index (χ0v) is 52.7. The van der Waals surface area contributed by atoms with Crippen LogP contribution in [0.2, 0.25) is 0 Å². The van der Waals surface area contributed by atoms with E-state index >= 15 is 0 Å². The summed E-state index contributed by atoms with van der Waals surface area (Å²) in [6.45, 7) is 6.64. The number of carbonyl (C=O) groups is 3. The van der Waals surface area contributed by atoms with Gasteiger partial charge in [0.05, 0.1) is 0 Å². The van der Waals surface area contributed by atoms with E-state index in [1.165, 1.54) is 276 Å². The summed E-state index contributed by atoms with van der Waals surface area (Å²) in [4.78, 5) is 38.1. The fourth-order valence-electron chi connectivity index (χ4n) is 10.6. The van der Waals surface area contributed by atoms with Gasteiger partial charge < -0.3 is 14.2 Å². The van der Waals surface area contributed by atoms with Crippen LogP contribution in [0.4, 0.5) is 0 Å². The van der Waals surface area contributed by atoms with Crippen molar-refractivity contribution < 1.29 is 28.6 Å². The van der Waals surface area contributed by atoms with E-state index in [0.29, 0.717) is 19.3 Å². The summed E-state index contributed by atoms with van der Waals surface area (Å²) in [5.41, 5.74) is 0. The maximum Gasteiger partial charge on any atom is 0.306 e. The largest absolute Gasteiger partial charge is 0.462 e. The predicted octanol–water partition coefficient (Wildman–Crippen LogP) is 23.9. The van der Waals surface area contributed by atoms with Crippen LogP contribution in [0.1, 0.15) is 387 Å². The van der Waals surface area contributed by atoms with E-state index in [9.17, 15) is 14.4 Å². The molecule has 6 nitrogen and oxygen atoms in total. The number of rotatable bonds is 65. The quantitative estimate of drug-likeness (QED) is 0.0261. The standard InChI is InChI=1S/C72H134O6/c1-4-7-10-13-16-18-20-22-24-26-28-30-32-33-34-35-36-37-38-39-41-42-44-46-48-50-52-54-56-59-62-65-71(74)77-68-69(67-76-70(73)64-61-58-15-12-9-6-3)78-72(75)66-63-60-57-55-53-51-49-47-45-43-40-31-29-27-25-23-21-19-17-14-11-8-5-2/h20,22,26,28,32-33,69H,4-19,21,23-25,27,29-31,34-68H2,1-3H3/b22-20-,28-26-,33-32-. The predicted molar refractivity (Wildman–Crippen MR) is 339 cm³/mol. The van der Waals surface area contributed by atoms with Crippen molar-refractivity contribution in [2.45, 2.75) is 393 Å². The minimum atomic E-state index is -0.766. The van der Waals surface area contributed by atoms with Gasteiger partial charge in [0.2, 0.25) is 0 Å².